The smallest absolute Gasteiger partial charge is 0.253 e. The lowest BCUT2D eigenvalue weighted by Crippen LogP contribution is -2.41. The first-order valence-corrected chi connectivity index (χ1v) is 9.07. The van der Waals surface area contributed by atoms with Crippen LogP contribution in [0.2, 0.25) is 0 Å². The molecule has 0 spiro atoms. The minimum absolute atomic E-state index is 0.0279. The van der Waals surface area contributed by atoms with E-state index in [9.17, 15) is 4.79 Å². The molecule has 2 aromatic rings. The Bertz CT molecular complexity index is 821. The third-order valence-electron chi connectivity index (χ3n) is 5.19. The molecule has 0 aromatic heterocycles. The predicted octanol–water partition coefficient (Wildman–Crippen LogP) is 3.37. The van der Waals surface area contributed by atoms with Gasteiger partial charge in [-0.25, -0.2) is 0 Å². The maximum atomic E-state index is 12.0. The van der Waals surface area contributed by atoms with Gasteiger partial charge in [0.1, 0.15) is 6.61 Å². The number of hydrogen-bond donors (Lipinski definition) is 0. The van der Waals surface area contributed by atoms with Crippen molar-refractivity contribution in [3.63, 3.8) is 0 Å². The van der Waals surface area contributed by atoms with Crippen LogP contribution in [0.4, 0.5) is 11.4 Å². The molecule has 0 unspecified atom stereocenters. The van der Waals surface area contributed by atoms with Crippen molar-refractivity contribution >= 4 is 17.3 Å². The number of morpholine rings is 1. The second-order valence-corrected chi connectivity index (χ2v) is 6.73. The van der Waals surface area contributed by atoms with Gasteiger partial charge in [-0.1, -0.05) is 18.1 Å². The molecule has 1 amide bonds. The summed E-state index contributed by atoms with van der Waals surface area (Å²) in [5, 5.41) is 0. The van der Waals surface area contributed by atoms with Crippen molar-refractivity contribution in [2.45, 2.75) is 18.9 Å². The topological polar surface area (TPSA) is 32.8 Å². The van der Waals surface area contributed by atoms with Crippen molar-refractivity contribution in [1.82, 2.24) is 0 Å². The lowest BCUT2D eigenvalue weighted by Gasteiger charge is -2.29. The van der Waals surface area contributed by atoms with Gasteiger partial charge in [-0.15, -0.1) is 6.42 Å². The maximum absolute atomic E-state index is 12.0. The van der Waals surface area contributed by atoms with Crippen molar-refractivity contribution in [2.75, 3.05) is 36.1 Å². The van der Waals surface area contributed by atoms with E-state index >= 15 is 0 Å². The van der Waals surface area contributed by atoms with Gasteiger partial charge in [0.15, 0.2) is 0 Å². The molecule has 0 bridgehead atoms. The summed E-state index contributed by atoms with van der Waals surface area (Å²) in [5.41, 5.74) is 4.35. The summed E-state index contributed by atoms with van der Waals surface area (Å²) in [7, 11) is 0. The molecule has 0 aliphatic carbocycles. The largest absolute Gasteiger partial charge is 0.370 e. The molecule has 2 aliphatic heterocycles. The van der Waals surface area contributed by atoms with Gasteiger partial charge in [0.2, 0.25) is 0 Å². The Balaban J connectivity index is 1.54. The van der Waals surface area contributed by atoms with Gasteiger partial charge < -0.3 is 14.5 Å². The Kier molecular flexibility index (Phi) is 4.64. The molecule has 26 heavy (non-hydrogen) atoms. The molecule has 2 aliphatic rings. The number of rotatable bonds is 3. The summed E-state index contributed by atoms with van der Waals surface area (Å²) < 4.78 is 5.21. The molecule has 2 saturated heterocycles. The average Bonchev–Trinajstić information content (AvgIpc) is 3.18. The van der Waals surface area contributed by atoms with Gasteiger partial charge in [0.25, 0.3) is 5.91 Å². The Morgan fingerprint density at radius 1 is 1.00 bits per heavy atom. The zero-order valence-electron chi connectivity index (χ0n) is 14.7. The normalized spacial score (nSPS) is 20.3. The van der Waals surface area contributed by atoms with Gasteiger partial charge in [0, 0.05) is 30.0 Å². The van der Waals surface area contributed by atoms with E-state index < -0.39 is 0 Å². The number of benzene rings is 2. The van der Waals surface area contributed by atoms with Crippen LogP contribution in [-0.2, 0) is 9.53 Å². The molecule has 4 heteroatoms. The fourth-order valence-electron chi connectivity index (χ4n) is 3.84. The summed E-state index contributed by atoms with van der Waals surface area (Å²) in [6, 6.07) is 17.0. The van der Waals surface area contributed by atoms with Crippen LogP contribution in [0.3, 0.4) is 0 Å². The highest BCUT2D eigenvalue weighted by molar-refractivity contribution is 5.94. The van der Waals surface area contributed by atoms with Crippen LogP contribution in [0, 0.1) is 12.3 Å². The van der Waals surface area contributed by atoms with Gasteiger partial charge in [-0.3, -0.25) is 4.79 Å². The number of terminal acetylenes is 1. The van der Waals surface area contributed by atoms with E-state index in [1.165, 1.54) is 17.7 Å². The number of amides is 1. The highest BCUT2D eigenvalue weighted by atomic mass is 16.5. The molecule has 0 saturated carbocycles. The SMILES string of the molecule is C#Cc1ccc(N2CCC[C@@H]2c2ccc(N3CCOCC3=O)cc2)cc1. The van der Waals surface area contributed by atoms with E-state index in [2.05, 4.69) is 47.2 Å². The lowest BCUT2D eigenvalue weighted by atomic mass is 10.0. The molecule has 2 fully saturated rings. The number of carbonyl (C=O) groups is 1. The molecular formula is C22H22N2O2. The minimum Gasteiger partial charge on any atom is -0.370 e. The van der Waals surface area contributed by atoms with Gasteiger partial charge in [-0.2, -0.15) is 0 Å². The molecule has 0 N–H and O–H groups in total. The number of ether oxygens (including phenoxy) is 1. The zero-order valence-corrected chi connectivity index (χ0v) is 14.7. The molecule has 0 radical (unpaired) electrons. The van der Waals surface area contributed by atoms with Crippen LogP contribution in [-0.4, -0.2) is 32.2 Å². The van der Waals surface area contributed by atoms with Crippen LogP contribution in [0.1, 0.15) is 30.0 Å². The van der Waals surface area contributed by atoms with Crippen molar-refractivity contribution < 1.29 is 9.53 Å². The van der Waals surface area contributed by atoms with Crippen molar-refractivity contribution in [1.29, 1.82) is 0 Å². The van der Waals surface area contributed by atoms with Gasteiger partial charge in [-0.05, 0) is 54.8 Å². The summed E-state index contributed by atoms with van der Waals surface area (Å²) in [6.07, 6.45) is 7.76. The monoisotopic (exact) mass is 346 g/mol. The van der Waals surface area contributed by atoms with E-state index in [-0.39, 0.29) is 12.5 Å². The predicted molar refractivity (Wildman–Crippen MR) is 103 cm³/mol. The van der Waals surface area contributed by atoms with E-state index in [1.807, 2.05) is 12.1 Å². The quantitative estimate of drug-likeness (QED) is 0.799. The third-order valence-corrected chi connectivity index (χ3v) is 5.19. The number of carbonyl (C=O) groups excluding carboxylic acids is 1. The molecule has 132 valence electrons. The Hall–Kier alpha value is -2.77. The van der Waals surface area contributed by atoms with Crippen LogP contribution in [0.5, 0.6) is 0 Å². The van der Waals surface area contributed by atoms with Gasteiger partial charge in [0.05, 0.1) is 12.6 Å². The van der Waals surface area contributed by atoms with Crippen LogP contribution in [0.25, 0.3) is 0 Å². The Labute approximate surface area is 154 Å². The van der Waals surface area contributed by atoms with Crippen molar-refractivity contribution in [3.8, 4) is 12.3 Å². The van der Waals surface area contributed by atoms with Gasteiger partial charge >= 0.3 is 0 Å². The summed E-state index contributed by atoms with van der Waals surface area (Å²) in [5.74, 6) is 2.70. The first-order valence-electron chi connectivity index (χ1n) is 9.07. The standard InChI is InChI=1S/C22H22N2O2/c1-2-17-5-9-19(10-6-17)23-13-3-4-21(23)18-7-11-20(12-8-18)24-14-15-26-16-22(24)25/h1,5-12,21H,3-4,13-16H2/t21-/m1/s1. The van der Waals surface area contributed by atoms with Crippen molar-refractivity contribution in [3.05, 3.63) is 59.7 Å². The fourth-order valence-corrected chi connectivity index (χ4v) is 3.84. The molecule has 2 heterocycles. The third kappa shape index (κ3) is 3.18. The van der Waals surface area contributed by atoms with Crippen LogP contribution < -0.4 is 9.80 Å². The first-order chi connectivity index (χ1) is 12.8. The maximum Gasteiger partial charge on any atom is 0.253 e. The lowest BCUT2D eigenvalue weighted by molar-refractivity contribution is -0.125. The van der Waals surface area contributed by atoms with E-state index in [1.54, 1.807) is 4.90 Å². The number of hydrogen-bond acceptors (Lipinski definition) is 3. The molecule has 4 nitrogen and oxygen atoms in total. The highest BCUT2D eigenvalue weighted by Crippen LogP contribution is 2.36. The molecule has 2 aromatic carbocycles. The Morgan fingerprint density at radius 2 is 1.73 bits per heavy atom. The second kappa shape index (κ2) is 7.23. The molecule has 1 atom stereocenters. The number of nitrogens with zero attached hydrogens (tertiary/aromatic N) is 2. The molecule has 4 rings (SSSR count). The minimum atomic E-state index is 0.0279. The summed E-state index contributed by atoms with van der Waals surface area (Å²) in [6.45, 7) is 2.43. The van der Waals surface area contributed by atoms with E-state index in [0.717, 1.165) is 24.2 Å². The summed E-state index contributed by atoms with van der Waals surface area (Å²) >= 11 is 0. The van der Waals surface area contributed by atoms with E-state index in [0.29, 0.717) is 19.2 Å². The first kappa shape index (κ1) is 16.7. The van der Waals surface area contributed by atoms with Crippen LogP contribution in [0.15, 0.2) is 48.5 Å². The number of anilines is 2. The van der Waals surface area contributed by atoms with Crippen LogP contribution >= 0.6 is 0 Å². The van der Waals surface area contributed by atoms with E-state index in [4.69, 9.17) is 11.2 Å². The Morgan fingerprint density at radius 3 is 2.42 bits per heavy atom. The summed E-state index contributed by atoms with van der Waals surface area (Å²) in [4.78, 5) is 16.2. The zero-order chi connectivity index (χ0) is 17.9. The average molecular weight is 346 g/mol. The second-order valence-electron chi connectivity index (χ2n) is 6.73. The molecular weight excluding hydrogens is 324 g/mol. The highest BCUT2D eigenvalue weighted by Gasteiger charge is 2.27. The fraction of sp³-hybridized carbons (Fsp3) is 0.318. The van der Waals surface area contributed by atoms with Crippen molar-refractivity contribution in [2.24, 2.45) is 0 Å².